The zero-order valence-electron chi connectivity index (χ0n) is 11.6. The van der Waals surface area contributed by atoms with Crippen molar-refractivity contribution in [2.24, 2.45) is 0 Å². The third-order valence-electron chi connectivity index (χ3n) is 2.80. The molecule has 0 spiro atoms. The number of H-pyrrole nitrogens is 1. The van der Waals surface area contributed by atoms with Crippen molar-refractivity contribution in [3.05, 3.63) is 56.4 Å². The molecular weight excluding hydrogens is 352 g/mol. The van der Waals surface area contributed by atoms with Crippen molar-refractivity contribution >= 4 is 33.5 Å². The van der Waals surface area contributed by atoms with E-state index in [1.807, 2.05) is 24.3 Å². The van der Waals surface area contributed by atoms with Crippen LogP contribution in [0.2, 0.25) is 0 Å². The Labute approximate surface area is 135 Å². The molecule has 1 aromatic carbocycles. The number of aryl methyl sites for hydroxylation is 1. The molecule has 0 atom stereocenters. The number of Topliss-reactive ketones (excluding diaryl/α,β-unsaturated/α-hetero) is 1. The Hall–Kier alpha value is -1.40. The second-order valence-electron chi connectivity index (χ2n) is 4.57. The average molecular weight is 367 g/mol. The quantitative estimate of drug-likeness (QED) is 0.367. The molecule has 0 radical (unpaired) electrons. The standard InChI is InChI=1S/C15H15BrN2O2S/c1-10-9-14(20)18-15(17-10)21-8-2-3-13(19)11-4-6-12(16)7-5-11/h4-7,9H,2-3,8H2,1H3,(H,17,18,20). The molecule has 0 unspecified atom stereocenters. The van der Waals surface area contributed by atoms with Crippen LogP contribution >= 0.6 is 27.7 Å². The summed E-state index contributed by atoms with van der Waals surface area (Å²) >= 11 is 4.81. The first-order valence-electron chi connectivity index (χ1n) is 6.54. The zero-order chi connectivity index (χ0) is 15.2. The first kappa shape index (κ1) is 16.0. The summed E-state index contributed by atoms with van der Waals surface area (Å²) < 4.78 is 0.962. The van der Waals surface area contributed by atoms with Gasteiger partial charge in [-0.25, -0.2) is 4.98 Å². The van der Waals surface area contributed by atoms with E-state index in [-0.39, 0.29) is 11.3 Å². The van der Waals surface area contributed by atoms with Gasteiger partial charge in [-0.2, -0.15) is 0 Å². The number of hydrogen-bond donors (Lipinski definition) is 1. The molecule has 0 saturated heterocycles. The molecule has 110 valence electrons. The number of aromatic amines is 1. The predicted molar refractivity (Wildman–Crippen MR) is 88.0 cm³/mol. The van der Waals surface area contributed by atoms with E-state index in [4.69, 9.17) is 0 Å². The van der Waals surface area contributed by atoms with Gasteiger partial charge in [-0.15, -0.1) is 0 Å². The van der Waals surface area contributed by atoms with Crippen molar-refractivity contribution in [1.29, 1.82) is 0 Å². The average Bonchev–Trinajstić information content (AvgIpc) is 2.43. The molecule has 6 heteroatoms. The minimum absolute atomic E-state index is 0.133. The van der Waals surface area contributed by atoms with Gasteiger partial charge in [0.2, 0.25) is 0 Å². The summed E-state index contributed by atoms with van der Waals surface area (Å²) in [6.45, 7) is 1.79. The van der Waals surface area contributed by atoms with Gasteiger partial charge in [-0.05, 0) is 25.5 Å². The van der Waals surface area contributed by atoms with Crippen molar-refractivity contribution < 1.29 is 4.79 Å². The molecule has 0 aliphatic heterocycles. The van der Waals surface area contributed by atoms with E-state index in [1.54, 1.807) is 6.92 Å². The summed E-state index contributed by atoms with van der Waals surface area (Å²) in [6, 6.07) is 8.83. The maximum absolute atomic E-state index is 12.0. The second-order valence-corrected chi connectivity index (χ2v) is 6.57. The van der Waals surface area contributed by atoms with Crippen LogP contribution in [0, 0.1) is 6.92 Å². The van der Waals surface area contributed by atoms with Gasteiger partial charge in [0, 0.05) is 34.0 Å². The van der Waals surface area contributed by atoms with Gasteiger partial charge in [-0.3, -0.25) is 9.59 Å². The van der Waals surface area contributed by atoms with E-state index >= 15 is 0 Å². The molecule has 1 N–H and O–H groups in total. The number of rotatable bonds is 6. The van der Waals surface area contributed by atoms with Crippen molar-refractivity contribution in [1.82, 2.24) is 9.97 Å². The van der Waals surface area contributed by atoms with Gasteiger partial charge in [0.25, 0.3) is 5.56 Å². The highest BCUT2D eigenvalue weighted by molar-refractivity contribution is 9.10. The number of thioether (sulfide) groups is 1. The predicted octanol–water partition coefficient (Wildman–Crippen LogP) is 3.60. The van der Waals surface area contributed by atoms with Gasteiger partial charge in [-0.1, -0.05) is 39.8 Å². The molecule has 0 aliphatic carbocycles. The summed E-state index contributed by atoms with van der Waals surface area (Å²) in [5.41, 5.74) is 1.29. The van der Waals surface area contributed by atoms with Crippen LogP contribution in [0.3, 0.4) is 0 Å². The molecular formula is C15H15BrN2O2S. The Morgan fingerprint density at radius 1 is 1.33 bits per heavy atom. The van der Waals surface area contributed by atoms with E-state index in [0.29, 0.717) is 17.3 Å². The Kier molecular flexibility index (Phi) is 5.76. The summed E-state index contributed by atoms with van der Waals surface area (Å²) in [7, 11) is 0. The number of aromatic nitrogens is 2. The SMILES string of the molecule is Cc1cc(=O)[nH]c(SCCCC(=O)c2ccc(Br)cc2)n1. The molecule has 0 amide bonds. The zero-order valence-corrected chi connectivity index (χ0v) is 14.0. The van der Waals surface area contributed by atoms with Crippen LogP contribution in [0.5, 0.6) is 0 Å². The molecule has 21 heavy (non-hydrogen) atoms. The van der Waals surface area contributed by atoms with E-state index in [1.165, 1.54) is 17.8 Å². The normalized spacial score (nSPS) is 10.6. The maximum Gasteiger partial charge on any atom is 0.251 e. The van der Waals surface area contributed by atoms with E-state index in [2.05, 4.69) is 25.9 Å². The lowest BCUT2D eigenvalue weighted by molar-refractivity contribution is 0.0982. The lowest BCUT2D eigenvalue weighted by Gasteiger charge is -2.02. The Morgan fingerprint density at radius 2 is 2.05 bits per heavy atom. The van der Waals surface area contributed by atoms with E-state index in [0.717, 1.165) is 22.2 Å². The number of nitrogens with zero attached hydrogens (tertiary/aromatic N) is 1. The lowest BCUT2D eigenvalue weighted by Crippen LogP contribution is -2.08. The van der Waals surface area contributed by atoms with Gasteiger partial charge in [0.05, 0.1) is 0 Å². The fourth-order valence-corrected chi connectivity index (χ4v) is 2.93. The topological polar surface area (TPSA) is 62.8 Å². The largest absolute Gasteiger partial charge is 0.301 e. The van der Waals surface area contributed by atoms with Crippen molar-refractivity contribution in [2.75, 3.05) is 5.75 Å². The van der Waals surface area contributed by atoms with Crippen LogP contribution in [-0.4, -0.2) is 21.5 Å². The van der Waals surface area contributed by atoms with Crippen molar-refractivity contribution in [3.63, 3.8) is 0 Å². The minimum Gasteiger partial charge on any atom is -0.301 e. The van der Waals surface area contributed by atoms with Crippen molar-refractivity contribution in [2.45, 2.75) is 24.9 Å². The van der Waals surface area contributed by atoms with Gasteiger partial charge in [0.1, 0.15) is 0 Å². The molecule has 0 fully saturated rings. The molecule has 1 aromatic heterocycles. The summed E-state index contributed by atoms with van der Waals surface area (Å²) in [5, 5.41) is 0.607. The maximum atomic E-state index is 12.0. The number of hydrogen-bond acceptors (Lipinski definition) is 4. The number of halogens is 1. The summed E-state index contributed by atoms with van der Waals surface area (Å²) in [4.78, 5) is 30.2. The lowest BCUT2D eigenvalue weighted by atomic mass is 10.1. The molecule has 0 bridgehead atoms. The highest BCUT2D eigenvalue weighted by atomic mass is 79.9. The third-order valence-corrected chi connectivity index (χ3v) is 4.29. The highest BCUT2D eigenvalue weighted by Gasteiger charge is 2.06. The van der Waals surface area contributed by atoms with E-state index < -0.39 is 0 Å². The molecule has 2 aromatic rings. The van der Waals surface area contributed by atoms with Gasteiger partial charge < -0.3 is 4.98 Å². The van der Waals surface area contributed by atoms with Gasteiger partial charge in [0.15, 0.2) is 10.9 Å². The third kappa shape index (κ3) is 5.13. The molecule has 1 heterocycles. The van der Waals surface area contributed by atoms with Crippen LogP contribution in [0.1, 0.15) is 28.9 Å². The molecule has 4 nitrogen and oxygen atoms in total. The number of ketones is 1. The monoisotopic (exact) mass is 366 g/mol. The molecule has 2 rings (SSSR count). The fourth-order valence-electron chi connectivity index (χ4n) is 1.80. The smallest absolute Gasteiger partial charge is 0.251 e. The summed E-state index contributed by atoms with van der Waals surface area (Å²) in [6.07, 6.45) is 1.24. The Morgan fingerprint density at radius 3 is 2.71 bits per heavy atom. The van der Waals surface area contributed by atoms with Crippen LogP contribution in [0.25, 0.3) is 0 Å². The number of nitrogens with one attached hydrogen (secondary N) is 1. The van der Waals surface area contributed by atoms with Crippen LogP contribution in [0.15, 0.2) is 44.8 Å². The Bertz CT molecular complexity index is 683. The first-order valence-corrected chi connectivity index (χ1v) is 8.32. The van der Waals surface area contributed by atoms with Crippen LogP contribution in [-0.2, 0) is 0 Å². The Balaban J connectivity index is 1.80. The number of carbonyl (C=O) groups is 1. The minimum atomic E-state index is -0.143. The number of carbonyl (C=O) groups excluding carboxylic acids is 1. The number of benzene rings is 1. The highest BCUT2D eigenvalue weighted by Crippen LogP contribution is 2.16. The van der Waals surface area contributed by atoms with Crippen LogP contribution in [0.4, 0.5) is 0 Å². The van der Waals surface area contributed by atoms with Crippen LogP contribution < -0.4 is 5.56 Å². The van der Waals surface area contributed by atoms with Crippen molar-refractivity contribution in [3.8, 4) is 0 Å². The first-order chi connectivity index (χ1) is 10.0. The fraction of sp³-hybridized carbons (Fsp3) is 0.267. The molecule has 0 aliphatic rings. The summed E-state index contributed by atoms with van der Waals surface area (Å²) in [5.74, 6) is 0.878. The van der Waals surface area contributed by atoms with E-state index in [9.17, 15) is 9.59 Å². The second kappa shape index (κ2) is 7.56. The molecule has 0 saturated carbocycles. The van der Waals surface area contributed by atoms with Gasteiger partial charge >= 0.3 is 0 Å².